The van der Waals surface area contributed by atoms with Gasteiger partial charge in [0, 0.05) is 11.0 Å². The Labute approximate surface area is 88.3 Å². The summed E-state index contributed by atoms with van der Waals surface area (Å²) in [4.78, 5) is 0. The van der Waals surface area contributed by atoms with Crippen LogP contribution in [0.2, 0.25) is 0 Å². The molecule has 0 nitrogen and oxygen atoms in total. The molecule has 0 aliphatic heterocycles. The second-order valence-electron chi connectivity index (χ2n) is 5.56. The highest BCUT2D eigenvalue weighted by Crippen LogP contribution is 2.79. The van der Waals surface area contributed by atoms with Crippen molar-refractivity contribution in [3.63, 3.8) is 0 Å². The van der Waals surface area contributed by atoms with Crippen LogP contribution in [-0.4, -0.2) is 0 Å². The third-order valence-electron chi connectivity index (χ3n) is 4.10. The fraction of sp³-hybridized carbons (Fsp3) is 0.538. The van der Waals surface area contributed by atoms with Gasteiger partial charge in [0.15, 0.2) is 0 Å². The number of hydrogen-bond donors (Lipinski definition) is 0. The third-order valence-corrected chi connectivity index (χ3v) is 4.10. The zero-order chi connectivity index (χ0) is 10.7. The van der Waals surface area contributed by atoms with Gasteiger partial charge in [-0.25, -0.2) is 8.78 Å². The van der Waals surface area contributed by atoms with E-state index in [1.54, 1.807) is 30.3 Å². The summed E-state index contributed by atoms with van der Waals surface area (Å²) in [5.74, 6) is -2.63. The van der Waals surface area contributed by atoms with Crippen LogP contribution in [-0.2, 0) is 5.92 Å². The van der Waals surface area contributed by atoms with Crippen LogP contribution in [0.3, 0.4) is 0 Å². The van der Waals surface area contributed by atoms with Gasteiger partial charge in [0.25, 0.3) is 5.92 Å². The van der Waals surface area contributed by atoms with Gasteiger partial charge in [-0.05, 0) is 24.7 Å². The summed E-state index contributed by atoms with van der Waals surface area (Å²) in [5.41, 5.74) is -0.284. The lowest BCUT2D eigenvalue weighted by Crippen LogP contribution is -2.66. The lowest BCUT2D eigenvalue weighted by atomic mass is 9.33. The van der Waals surface area contributed by atoms with Gasteiger partial charge in [0.2, 0.25) is 0 Å². The molecule has 1 aromatic carbocycles. The van der Waals surface area contributed by atoms with Crippen molar-refractivity contribution in [3.8, 4) is 0 Å². The molecule has 0 heterocycles. The van der Waals surface area contributed by atoms with Crippen LogP contribution in [0.4, 0.5) is 8.78 Å². The molecule has 0 amide bonds. The Hall–Kier alpha value is -0.920. The molecular weight excluding hydrogens is 194 g/mol. The zero-order valence-electron chi connectivity index (χ0n) is 8.76. The summed E-state index contributed by atoms with van der Waals surface area (Å²) in [6.45, 7) is 2.11. The Morgan fingerprint density at radius 1 is 1.07 bits per heavy atom. The lowest BCUT2D eigenvalue weighted by Gasteiger charge is -2.71. The molecule has 3 aliphatic rings. The molecule has 0 aromatic heterocycles. The summed E-state index contributed by atoms with van der Waals surface area (Å²) in [6.07, 6.45) is 2.09. The van der Waals surface area contributed by atoms with E-state index >= 15 is 0 Å². The molecule has 3 aliphatic carbocycles. The van der Waals surface area contributed by atoms with Crippen LogP contribution >= 0.6 is 0 Å². The van der Waals surface area contributed by atoms with E-state index in [1.165, 1.54) is 0 Å². The van der Waals surface area contributed by atoms with Crippen molar-refractivity contribution in [2.24, 2.45) is 10.8 Å². The van der Waals surface area contributed by atoms with Crippen molar-refractivity contribution >= 4 is 0 Å². The molecular formula is C13H14F2. The highest BCUT2D eigenvalue weighted by atomic mass is 19.3. The SMILES string of the molecule is CC12CC(C(F)(F)c3ccccc3)(C1)C2. The van der Waals surface area contributed by atoms with Gasteiger partial charge in [-0.3, -0.25) is 0 Å². The minimum Gasteiger partial charge on any atom is -0.201 e. The Bertz CT molecular complexity index is 374. The van der Waals surface area contributed by atoms with Gasteiger partial charge in [0.1, 0.15) is 0 Å². The molecule has 3 fully saturated rings. The van der Waals surface area contributed by atoms with Crippen molar-refractivity contribution in [2.75, 3.05) is 0 Å². The van der Waals surface area contributed by atoms with Crippen molar-refractivity contribution in [2.45, 2.75) is 32.1 Å². The third kappa shape index (κ3) is 1.000. The normalized spacial score (nSPS) is 38.1. The maximum absolute atomic E-state index is 14.2. The molecule has 3 saturated carbocycles. The Morgan fingerprint density at radius 2 is 1.60 bits per heavy atom. The summed E-state index contributed by atoms with van der Waals surface area (Å²) in [6, 6.07) is 8.25. The summed E-state index contributed by atoms with van der Waals surface area (Å²) >= 11 is 0. The summed E-state index contributed by atoms with van der Waals surface area (Å²) < 4.78 is 28.4. The Balaban J connectivity index is 1.92. The van der Waals surface area contributed by atoms with Gasteiger partial charge < -0.3 is 0 Å². The maximum Gasteiger partial charge on any atom is 0.278 e. The van der Waals surface area contributed by atoms with Crippen LogP contribution in [0.25, 0.3) is 0 Å². The highest BCUT2D eigenvalue weighted by molar-refractivity contribution is 5.30. The fourth-order valence-electron chi connectivity index (χ4n) is 3.58. The van der Waals surface area contributed by atoms with E-state index in [-0.39, 0.29) is 11.0 Å². The first kappa shape index (κ1) is 9.32. The molecule has 1 aromatic rings. The van der Waals surface area contributed by atoms with E-state index in [4.69, 9.17) is 0 Å². The number of alkyl halides is 2. The van der Waals surface area contributed by atoms with Gasteiger partial charge in [0.05, 0.1) is 0 Å². The van der Waals surface area contributed by atoms with Crippen LogP contribution < -0.4 is 0 Å². The standard InChI is InChI=1S/C13H14F2/c1-11-7-12(8-11,9-11)13(14,15)10-5-3-2-4-6-10/h2-6H,7-9H2,1H3. The minimum atomic E-state index is -2.63. The molecule has 0 saturated heterocycles. The largest absolute Gasteiger partial charge is 0.278 e. The molecule has 80 valence electrons. The van der Waals surface area contributed by atoms with E-state index in [9.17, 15) is 8.78 Å². The highest BCUT2D eigenvalue weighted by Gasteiger charge is 2.75. The number of halogens is 2. The minimum absolute atomic E-state index is 0.187. The van der Waals surface area contributed by atoms with E-state index < -0.39 is 11.3 Å². The maximum atomic E-state index is 14.2. The van der Waals surface area contributed by atoms with Gasteiger partial charge in [-0.2, -0.15) is 0 Å². The van der Waals surface area contributed by atoms with E-state index in [2.05, 4.69) is 6.92 Å². The van der Waals surface area contributed by atoms with Crippen LogP contribution in [0.15, 0.2) is 30.3 Å². The summed E-state index contributed by atoms with van der Waals surface area (Å²) in [7, 11) is 0. The molecule has 0 atom stereocenters. The molecule has 0 radical (unpaired) electrons. The molecule has 15 heavy (non-hydrogen) atoms. The first-order valence-corrected chi connectivity index (χ1v) is 5.41. The topological polar surface area (TPSA) is 0 Å². The van der Waals surface area contributed by atoms with Crippen LogP contribution in [0.5, 0.6) is 0 Å². The van der Waals surface area contributed by atoms with Crippen molar-refractivity contribution in [1.29, 1.82) is 0 Å². The average Bonchev–Trinajstić information content (AvgIpc) is 2.13. The quantitative estimate of drug-likeness (QED) is 0.689. The smallest absolute Gasteiger partial charge is 0.201 e. The zero-order valence-corrected chi connectivity index (χ0v) is 8.76. The predicted octanol–water partition coefficient (Wildman–Crippen LogP) is 3.97. The molecule has 0 spiro atoms. The van der Waals surface area contributed by atoms with Crippen molar-refractivity contribution < 1.29 is 8.78 Å². The van der Waals surface area contributed by atoms with Crippen LogP contribution in [0, 0.1) is 10.8 Å². The molecule has 0 N–H and O–H groups in total. The average molecular weight is 208 g/mol. The predicted molar refractivity (Wildman–Crippen MR) is 54.7 cm³/mol. The van der Waals surface area contributed by atoms with E-state index in [0.717, 1.165) is 0 Å². The van der Waals surface area contributed by atoms with Crippen molar-refractivity contribution in [3.05, 3.63) is 35.9 Å². The number of hydrogen-bond acceptors (Lipinski definition) is 0. The molecule has 0 unspecified atom stereocenters. The second kappa shape index (κ2) is 2.42. The second-order valence-corrected chi connectivity index (χ2v) is 5.56. The monoisotopic (exact) mass is 208 g/mol. The molecule has 2 bridgehead atoms. The lowest BCUT2D eigenvalue weighted by molar-refractivity contribution is -0.315. The fourth-order valence-corrected chi connectivity index (χ4v) is 3.58. The summed E-state index contributed by atoms with van der Waals surface area (Å²) in [5, 5.41) is 0. The van der Waals surface area contributed by atoms with Crippen molar-refractivity contribution in [1.82, 2.24) is 0 Å². The number of benzene rings is 1. The Morgan fingerprint density at radius 3 is 2.07 bits per heavy atom. The van der Waals surface area contributed by atoms with E-state index in [1.807, 2.05) is 0 Å². The number of rotatable bonds is 2. The first-order valence-electron chi connectivity index (χ1n) is 5.41. The first-order chi connectivity index (χ1) is 6.98. The van der Waals surface area contributed by atoms with Gasteiger partial charge in [-0.1, -0.05) is 37.3 Å². The van der Waals surface area contributed by atoms with E-state index in [0.29, 0.717) is 19.3 Å². The van der Waals surface area contributed by atoms with Crippen LogP contribution in [0.1, 0.15) is 31.7 Å². The molecule has 2 heteroatoms. The van der Waals surface area contributed by atoms with Gasteiger partial charge >= 0.3 is 0 Å². The Kier molecular flexibility index (Phi) is 1.50. The molecule has 4 rings (SSSR count). The van der Waals surface area contributed by atoms with Gasteiger partial charge in [-0.15, -0.1) is 0 Å².